The summed E-state index contributed by atoms with van der Waals surface area (Å²) in [6.07, 6.45) is 0. The van der Waals surface area contributed by atoms with Crippen LogP contribution in [-0.4, -0.2) is 14.5 Å². The van der Waals surface area contributed by atoms with Crippen molar-refractivity contribution in [3.05, 3.63) is 138 Å². The predicted molar refractivity (Wildman–Crippen MR) is 219 cm³/mol. The minimum Gasteiger partial charge on any atom is -0.453 e. The summed E-state index contributed by atoms with van der Waals surface area (Å²) in [6, 6.07) is 37.7. The van der Waals surface area contributed by atoms with Crippen molar-refractivity contribution in [2.24, 2.45) is 0 Å². The van der Waals surface area contributed by atoms with E-state index in [1.165, 1.54) is 0 Å². The molecule has 0 bridgehead atoms. The maximum Gasteiger partial charge on any atom is 0.228 e. The van der Waals surface area contributed by atoms with Gasteiger partial charge in [0.2, 0.25) is 5.71 Å². The lowest BCUT2D eigenvalue weighted by molar-refractivity contribution is 0.651. The van der Waals surface area contributed by atoms with Crippen LogP contribution in [0.1, 0.15) is 70.0 Å². The highest BCUT2D eigenvalue weighted by atomic mass is 16.3. The molecule has 6 aromatic carbocycles. The summed E-state index contributed by atoms with van der Waals surface area (Å²) in [4.78, 5) is 10.2. The highest BCUT2D eigenvalue weighted by molar-refractivity contribution is 6.16. The van der Waals surface area contributed by atoms with Gasteiger partial charge in [-0.25, -0.2) is 9.97 Å². The van der Waals surface area contributed by atoms with Crippen molar-refractivity contribution in [2.45, 2.75) is 53.2 Å². The fraction of sp³-hybridized carbons (Fsp3) is 0.167. The average molecular weight is 696 g/mol. The third-order valence-corrected chi connectivity index (χ3v) is 10.6. The van der Waals surface area contributed by atoms with E-state index in [1.54, 1.807) is 30.3 Å². The average Bonchev–Trinajstić information content (AvgIpc) is 3.90. The number of para-hydroxylation sites is 1. The Morgan fingerprint density at radius 1 is 0.642 bits per heavy atom. The van der Waals surface area contributed by atoms with Gasteiger partial charge < -0.3 is 8.83 Å². The Kier molecular flexibility index (Phi) is 5.65. The number of aromatic nitrogens is 3. The van der Waals surface area contributed by atoms with Crippen LogP contribution in [0, 0.1) is 13.7 Å². The first-order chi connectivity index (χ1) is 28.2. The summed E-state index contributed by atoms with van der Waals surface area (Å²) < 4.78 is 67.6. The van der Waals surface area contributed by atoms with E-state index in [0.717, 1.165) is 49.7 Å². The molecule has 5 heteroatoms. The molecule has 0 aliphatic heterocycles. The van der Waals surface area contributed by atoms with Crippen LogP contribution in [0.5, 0.6) is 0 Å². The van der Waals surface area contributed by atoms with Gasteiger partial charge in [-0.3, -0.25) is 4.57 Å². The van der Waals surface area contributed by atoms with Crippen LogP contribution in [0.4, 0.5) is 0 Å². The van der Waals surface area contributed by atoms with Gasteiger partial charge >= 0.3 is 0 Å². The molecule has 10 rings (SSSR count). The van der Waals surface area contributed by atoms with E-state index in [2.05, 4.69) is 86.9 Å². The molecule has 0 atom stereocenters. The third-order valence-electron chi connectivity index (χ3n) is 10.6. The summed E-state index contributed by atoms with van der Waals surface area (Å²) in [5.41, 5.74) is 8.31. The van der Waals surface area contributed by atoms with Gasteiger partial charge in [0.1, 0.15) is 22.5 Å². The Morgan fingerprint density at radius 2 is 1.38 bits per heavy atom. The van der Waals surface area contributed by atoms with Crippen molar-refractivity contribution in [3.63, 3.8) is 0 Å². The molecule has 0 aliphatic rings. The quantitative estimate of drug-likeness (QED) is 0.180. The van der Waals surface area contributed by atoms with Gasteiger partial charge in [0.25, 0.3) is 0 Å². The van der Waals surface area contributed by atoms with E-state index in [0.29, 0.717) is 27.7 Å². The number of hydrogen-bond donors (Lipinski definition) is 0. The lowest BCUT2D eigenvalue weighted by Gasteiger charge is -2.24. The topological polar surface area (TPSA) is 57.0 Å². The van der Waals surface area contributed by atoms with Gasteiger partial charge in [0.05, 0.1) is 33.1 Å². The molecule has 0 saturated carbocycles. The zero-order valence-electron chi connectivity index (χ0n) is 35.8. The molecule has 5 nitrogen and oxygen atoms in total. The van der Waals surface area contributed by atoms with Crippen molar-refractivity contribution in [3.8, 4) is 28.2 Å². The number of aryl methyl sites for hydroxylation is 2. The first-order valence-electron chi connectivity index (χ1n) is 21.1. The van der Waals surface area contributed by atoms with Crippen LogP contribution in [0.2, 0.25) is 0 Å². The van der Waals surface area contributed by atoms with Gasteiger partial charge in [0.15, 0.2) is 5.58 Å². The number of benzene rings is 6. The second-order valence-electron chi connectivity index (χ2n) is 14.5. The molecule has 0 unspecified atom stereocenters. The number of rotatable bonds is 5. The van der Waals surface area contributed by atoms with Crippen LogP contribution in [0.25, 0.3) is 94.1 Å². The first-order valence-corrected chi connectivity index (χ1v) is 18.1. The Hall–Kier alpha value is -6.20. The maximum absolute atomic E-state index is 8.80. The minimum absolute atomic E-state index is 0.0110. The van der Waals surface area contributed by atoms with Crippen LogP contribution in [0.15, 0.2) is 124 Å². The minimum atomic E-state index is -2.68. The van der Waals surface area contributed by atoms with Crippen LogP contribution in [0.3, 0.4) is 0 Å². The first kappa shape index (κ1) is 25.7. The lowest BCUT2D eigenvalue weighted by atomic mass is 9.88. The molecule has 0 spiro atoms. The molecule has 4 aromatic heterocycles. The molecule has 258 valence electrons. The van der Waals surface area contributed by atoms with Crippen molar-refractivity contribution in [2.75, 3.05) is 0 Å². The Labute approximate surface area is 315 Å². The maximum atomic E-state index is 8.80. The highest BCUT2D eigenvalue weighted by Gasteiger charge is 2.28. The van der Waals surface area contributed by atoms with Gasteiger partial charge in [-0.1, -0.05) is 113 Å². The predicted octanol–water partition coefficient (Wildman–Crippen LogP) is 13.6. The molecule has 53 heavy (non-hydrogen) atoms. The fourth-order valence-corrected chi connectivity index (χ4v) is 8.06. The van der Waals surface area contributed by atoms with Gasteiger partial charge in [-0.2, -0.15) is 0 Å². The normalized spacial score (nSPS) is 14.5. The zero-order valence-corrected chi connectivity index (χ0v) is 29.8. The molecule has 0 fully saturated rings. The van der Waals surface area contributed by atoms with E-state index in [-0.39, 0.29) is 50.7 Å². The SMILES string of the molecule is [2H]C([2H])([2H])c1c2oc3c(-c4nc5ccc6ccccc6c5n4-c4c(C(C)C)cc(-c5ccccc5)cc4C(C)C)ccc(C([2H])([2H])[2H])c3c2nc2oc3ccccc3c12. The zero-order chi connectivity index (χ0) is 41.1. The summed E-state index contributed by atoms with van der Waals surface area (Å²) in [5, 5.41) is 3.12. The number of pyridine rings is 1. The van der Waals surface area contributed by atoms with Crippen LogP contribution < -0.4 is 0 Å². The van der Waals surface area contributed by atoms with Gasteiger partial charge in [-0.15, -0.1) is 0 Å². The molecule has 0 saturated heterocycles. The summed E-state index contributed by atoms with van der Waals surface area (Å²) in [6.45, 7) is 3.50. The summed E-state index contributed by atoms with van der Waals surface area (Å²) >= 11 is 0. The van der Waals surface area contributed by atoms with Crippen molar-refractivity contribution >= 4 is 65.9 Å². The van der Waals surface area contributed by atoms with E-state index in [9.17, 15) is 0 Å². The standard InChI is InChI=1S/C48H39N3O2/c1-26(2)36-24-32(30-14-8-7-9-15-30)25-37(27(3)4)43(36)51-44-33-17-11-10-16-31(33)21-23-38(44)49-47(51)35-22-20-28(5)40-42-45(53-46(35)40)29(6)41-34-18-12-13-19-39(34)52-48(41)50-42/h7-27H,1-6H3/i5D3,6D3. The number of fused-ring (bicyclic) bond motifs is 9. The molecule has 0 amide bonds. The fourth-order valence-electron chi connectivity index (χ4n) is 8.06. The summed E-state index contributed by atoms with van der Waals surface area (Å²) in [5.74, 6) is 0.706. The second kappa shape index (κ2) is 11.7. The van der Waals surface area contributed by atoms with Crippen molar-refractivity contribution in [1.82, 2.24) is 14.5 Å². The molecule has 0 N–H and O–H groups in total. The molecule has 4 heterocycles. The van der Waals surface area contributed by atoms with E-state index in [1.807, 2.05) is 30.3 Å². The third kappa shape index (κ3) is 4.63. The van der Waals surface area contributed by atoms with Crippen LogP contribution in [-0.2, 0) is 0 Å². The van der Waals surface area contributed by atoms with Gasteiger partial charge in [-0.05, 0) is 89.1 Å². The smallest absolute Gasteiger partial charge is 0.228 e. The largest absolute Gasteiger partial charge is 0.453 e. The number of furan rings is 2. The van der Waals surface area contributed by atoms with Crippen LogP contribution >= 0.6 is 0 Å². The van der Waals surface area contributed by atoms with Crippen molar-refractivity contribution < 1.29 is 17.1 Å². The molecular weight excluding hydrogens is 651 g/mol. The monoisotopic (exact) mass is 695 g/mol. The van der Waals surface area contributed by atoms with Crippen molar-refractivity contribution in [1.29, 1.82) is 0 Å². The Bertz CT molecular complexity index is 3290. The van der Waals surface area contributed by atoms with E-state index < -0.39 is 13.7 Å². The Morgan fingerprint density at radius 3 is 2.13 bits per heavy atom. The highest BCUT2D eigenvalue weighted by Crippen LogP contribution is 2.45. The summed E-state index contributed by atoms with van der Waals surface area (Å²) in [7, 11) is 0. The van der Waals surface area contributed by atoms with E-state index in [4.69, 9.17) is 27.0 Å². The molecule has 0 radical (unpaired) electrons. The molecular formula is C48H39N3O2. The lowest BCUT2D eigenvalue weighted by Crippen LogP contribution is -2.09. The molecule has 0 aliphatic carbocycles. The molecule has 10 aromatic rings. The number of nitrogens with zero attached hydrogens (tertiary/aromatic N) is 3. The van der Waals surface area contributed by atoms with E-state index >= 15 is 0 Å². The number of hydrogen-bond acceptors (Lipinski definition) is 4. The second-order valence-corrected chi connectivity index (χ2v) is 14.5. The Balaban J connectivity index is 1.40. The van der Waals surface area contributed by atoms with Gasteiger partial charge in [0, 0.05) is 24.6 Å². The number of imidazole rings is 1.